The fourth-order valence-corrected chi connectivity index (χ4v) is 3.81. The van der Waals surface area contributed by atoms with E-state index in [9.17, 15) is 8.42 Å². The number of rotatable bonds is 9. The summed E-state index contributed by atoms with van der Waals surface area (Å²) in [5.41, 5.74) is 2.61. The summed E-state index contributed by atoms with van der Waals surface area (Å²) in [5, 5.41) is 0. The van der Waals surface area contributed by atoms with Crippen LogP contribution in [0, 0.1) is 20.8 Å². The fraction of sp³-hybridized carbons (Fsp3) is 0.600. The van der Waals surface area contributed by atoms with Crippen LogP contribution in [-0.2, 0) is 19.5 Å². The average Bonchev–Trinajstić information content (AvgIpc) is 2.35. The van der Waals surface area contributed by atoms with Crippen molar-refractivity contribution in [2.24, 2.45) is 0 Å². The first-order valence-corrected chi connectivity index (χ1v) is 8.51. The quantitative estimate of drug-likeness (QED) is 0.707. The number of methoxy groups -OCH3 is 1. The lowest BCUT2D eigenvalue weighted by molar-refractivity contribution is 0.0699. The Morgan fingerprint density at radius 2 is 1.67 bits per heavy atom. The minimum atomic E-state index is -3.47. The number of hydrogen-bond donors (Lipinski definition) is 1. The van der Waals surface area contributed by atoms with Crippen LogP contribution < -0.4 is 4.72 Å². The van der Waals surface area contributed by atoms with Crippen LogP contribution in [0.4, 0.5) is 0 Å². The Morgan fingerprint density at radius 3 is 2.24 bits per heavy atom. The first kappa shape index (κ1) is 18.1. The molecule has 6 heteroatoms. The maximum absolute atomic E-state index is 12.3. The van der Waals surface area contributed by atoms with Crippen molar-refractivity contribution in [3.63, 3.8) is 0 Å². The van der Waals surface area contributed by atoms with E-state index < -0.39 is 10.0 Å². The van der Waals surface area contributed by atoms with E-state index in [2.05, 4.69) is 4.72 Å². The van der Waals surface area contributed by atoms with E-state index in [4.69, 9.17) is 9.47 Å². The Labute approximate surface area is 127 Å². The fourth-order valence-electron chi connectivity index (χ4n) is 2.29. The minimum absolute atomic E-state index is 0.363. The third-order valence-electron chi connectivity index (χ3n) is 3.06. The van der Waals surface area contributed by atoms with E-state index in [0.29, 0.717) is 37.7 Å². The summed E-state index contributed by atoms with van der Waals surface area (Å²) in [6, 6.07) is 3.77. The van der Waals surface area contributed by atoms with Crippen molar-refractivity contribution >= 4 is 10.0 Å². The van der Waals surface area contributed by atoms with Gasteiger partial charge in [-0.3, -0.25) is 0 Å². The largest absolute Gasteiger partial charge is 0.382 e. The zero-order valence-corrected chi connectivity index (χ0v) is 14.0. The smallest absolute Gasteiger partial charge is 0.241 e. The highest BCUT2D eigenvalue weighted by atomic mass is 32.2. The summed E-state index contributed by atoms with van der Waals surface area (Å²) in [7, 11) is -1.85. The van der Waals surface area contributed by atoms with Gasteiger partial charge in [-0.15, -0.1) is 0 Å². The zero-order chi connectivity index (χ0) is 15.9. The highest BCUT2D eigenvalue weighted by Crippen LogP contribution is 2.21. The molecule has 5 nitrogen and oxygen atoms in total. The van der Waals surface area contributed by atoms with Crippen LogP contribution in [0.25, 0.3) is 0 Å². The predicted molar refractivity (Wildman–Crippen MR) is 83.2 cm³/mol. The molecule has 0 aliphatic heterocycles. The van der Waals surface area contributed by atoms with E-state index >= 15 is 0 Å². The van der Waals surface area contributed by atoms with Gasteiger partial charge in [0.2, 0.25) is 10.0 Å². The van der Waals surface area contributed by atoms with E-state index in [1.54, 1.807) is 7.11 Å². The molecule has 120 valence electrons. The number of benzene rings is 1. The summed E-state index contributed by atoms with van der Waals surface area (Å²) in [6.07, 6.45) is 0.632. The Kier molecular flexibility index (Phi) is 7.31. The van der Waals surface area contributed by atoms with Crippen LogP contribution in [0.2, 0.25) is 0 Å². The normalized spacial score (nSPS) is 11.8. The molecule has 0 saturated carbocycles. The lowest BCUT2D eigenvalue weighted by Crippen LogP contribution is -2.27. The third-order valence-corrected chi connectivity index (χ3v) is 4.83. The van der Waals surface area contributed by atoms with Crippen LogP contribution in [0.3, 0.4) is 0 Å². The molecule has 0 unspecified atom stereocenters. The molecule has 0 bridgehead atoms. The van der Waals surface area contributed by atoms with Gasteiger partial charge < -0.3 is 9.47 Å². The molecule has 0 radical (unpaired) electrons. The van der Waals surface area contributed by atoms with Crippen LogP contribution in [-0.4, -0.2) is 41.9 Å². The second-order valence-corrected chi connectivity index (χ2v) is 6.79. The lowest BCUT2D eigenvalue weighted by Gasteiger charge is -2.13. The van der Waals surface area contributed by atoms with Gasteiger partial charge in [-0.2, -0.15) is 0 Å². The first-order chi connectivity index (χ1) is 9.88. The van der Waals surface area contributed by atoms with Gasteiger partial charge in [-0.25, -0.2) is 13.1 Å². The van der Waals surface area contributed by atoms with Gasteiger partial charge >= 0.3 is 0 Å². The first-order valence-electron chi connectivity index (χ1n) is 7.02. The topological polar surface area (TPSA) is 64.6 Å². The molecule has 0 aliphatic carbocycles. The van der Waals surface area contributed by atoms with Crippen molar-refractivity contribution in [3.05, 3.63) is 28.8 Å². The summed E-state index contributed by atoms with van der Waals surface area (Å²) in [5.74, 6) is 0. The summed E-state index contributed by atoms with van der Waals surface area (Å²) < 4.78 is 37.5. The number of aryl methyl sites for hydroxylation is 3. The average molecular weight is 315 g/mol. The van der Waals surface area contributed by atoms with Crippen LogP contribution >= 0.6 is 0 Å². The van der Waals surface area contributed by atoms with E-state index in [0.717, 1.165) is 16.7 Å². The molecular formula is C15H25NO4S. The number of hydrogen-bond acceptors (Lipinski definition) is 4. The zero-order valence-electron chi connectivity index (χ0n) is 13.2. The molecule has 1 aromatic carbocycles. The second kappa shape index (κ2) is 8.48. The molecule has 0 aliphatic rings. The predicted octanol–water partition coefficient (Wildman–Crippen LogP) is 1.94. The number of sulfonamides is 1. The summed E-state index contributed by atoms with van der Waals surface area (Å²) >= 11 is 0. The molecule has 1 aromatic rings. The highest BCUT2D eigenvalue weighted by molar-refractivity contribution is 7.89. The Hall–Kier alpha value is -0.950. The van der Waals surface area contributed by atoms with Crippen LogP contribution in [0.5, 0.6) is 0 Å². The Balaban J connectivity index is 2.55. The van der Waals surface area contributed by atoms with E-state index in [1.807, 2.05) is 32.9 Å². The van der Waals surface area contributed by atoms with Gasteiger partial charge in [0.25, 0.3) is 0 Å². The van der Waals surface area contributed by atoms with Crippen LogP contribution in [0.15, 0.2) is 17.0 Å². The van der Waals surface area contributed by atoms with E-state index in [-0.39, 0.29) is 0 Å². The molecule has 0 spiro atoms. The maximum Gasteiger partial charge on any atom is 0.241 e. The van der Waals surface area contributed by atoms with Gasteiger partial charge in [-0.05, 0) is 38.3 Å². The molecular weight excluding hydrogens is 290 g/mol. The van der Waals surface area contributed by atoms with Gasteiger partial charge in [0.05, 0.1) is 18.1 Å². The van der Waals surface area contributed by atoms with Gasteiger partial charge in [0.15, 0.2) is 0 Å². The number of nitrogens with one attached hydrogen (secondary N) is 1. The van der Waals surface area contributed by atoms with Crippen molar-refractivity contribution in [3.8, 4) is 0 Å². The SMILES string of the molecule is COCCOCCCNS(=O)(=O)c1c(C)cc(C)cc1C. The molecule has 0 aromatic heterocycles. The maximum atomic E-state index is 12.3. The number of ether oxygens (including phenoxy) is 2. The molecule has 21 heavy (non-hydrogen) atoms. The van der Waals surface area contributed by atoms with Crippen molar-refractivity contribution in [1.29, 1.82) is 0 Å². The molecule has 1 N–H and O–H groups in total. The molecule has 1 rings (SSSR count). The Morgan fingerprint density at radius 1 is 1.05 bits per heavy atom. The van der Waals surface area contributed by atoms with Gasteiger partial charge in [0.1, 0.15) is 0 Å². The monoisotopic (exact) mass is 315 g/mol. The van der Waals surface area contributed by atoms with Gasteiger partial charge in [-0.1, -0.05) is 17.7 Å². The second-order valence-electron chi connectivity index (χ2n) is 5.08. The van der Waals surface area contributed by atoms with Crippen molar-refractivity contribution in [2.75, 3.05) is 33.5 Å². The standard InChI is InChI=1S/C15H25NO4S/c1-12-10-13(2)15(14(3)11-12)21(17,18)16-6-5-7-20-9-8-19-4/h10-11,16H,5-9H2,1-4H3. The lowest BCUT2D eigenvalue weighted by atomic mass is 10.1. The van der Waals surface area contributed by atoms with Gasteiger partial charge in [0, 0.05) is 20.3 Å². The van der Waals surface area contributed by atoms with E-state index in [1.165, 1.54) is 0 Å². The molecule has 0 atom stereocenters. The van der Waals surface area contributed by atoms with Crippen molar-refractivity contribution < 1.29 is 17.9 Å². The van der Waals surface area contributed by atoms with Crippen molar-refractivity contribution in [1.82, 2.24) is 4.72 Å². The highest BCUT2D eigenvalue weighted by Gasteiger charge is 2.19. The van der Waals surface area contributed by atoms with Crippen molar-refractivity contribution in [2.45, 2.75) is 32.1 Å². The summed E-state index contributed by atoms with van der Waals surface area (Å²) in [4.78, 5) is 0.383. The third kappa shape index (κ3) is 5.74. The van der Waals surface area contributed by atoms with Crippen LogP contribution in [0.1, 0.15) is 23.1 Å². The molecule has 0 heterocycles. The molecule has 0 saturated heterocycles. The molecule has 0 amide bonds. The minimum Gasteiger partial charge on any atom is -0.382 e. The summed E-state index contributed by atoms with van der Waals surface area (Å²) in [6.45, 7) is 7.55. The molecule has 0 fully saturated rings. The Bertz CT molecular complexity index is 532.